The normalized spacial score (nSPS) is 20.5. The summed E-state index contributed by atoms with van der Waals surface area (Å²) in [6.07, 6.45) is 2.33. The van der Waals surface area contributed by atoms with Crippen molar-refractivity contribution in [1.82, 2.24) is 10.6 Å². The molecule has 2 unspecified atom stereocenters. The van der Waals surface area contributed by atoms with Crippen molar-refractivity contribution in [2.45, 2.75) is 42.5 Å². The van der Waals surface area contributed by atoms with Gasteiger partial charge >= 0.3 is 0 Å². The SMILES string of the molecule is CC1NCCCC1NC(=O)Cc1ccc(NS(=O)(=O)c2cccs2)cc1. The second kappa shape index (κ2) is 8.20. The number of sulfonamides is 1. The average molecular weight is 394 g/mol. The lowest BCUT2D eigenvalue weighted by Crippen LogP contribution is -2.52. The lowest BCUT2D eigenvalue weighted by molar-refractivity contribution is -0.121. The molecule has 1 aromatic carbocycles. The molecule has 0 spiro atoms. The van der Waals surface area contributed by atoms with E-state index in [1.807, 2.05) is 0 Å². The predicted octanol–water partition coefficient (Wildman–Crippen LogP) is 2.35. The fourth-order valence-corrected chi connectivity index (χ4v) is 5.05. The van der Waals surface area contributed by atoms with Crippen LogP contribution in [0.1, 0.15) is 25.3 Å². The minimum absolute atomic E-state index is 0.0162. The Morgan fingerprint density at radius 1 is 1.27 bits per heavy atom. The summed E-state index contributed by atoms with van der Waals surface area (Å²) in [5.41, 5.74) is 1.32. The van der Waals surface area contributed by atoms with Crippen LogP contribution in [0.2, 0.25) is 0 Å². The highest BCUT2D eigenvalue weighted by Gasteiger charge is 2.22. The van der Waals surface area contributed by atoms with Crippen LogP contribution in [0.3, 0.4) is 0 Å². The first kappa shape index (κ1) is 18.9. The Hall–Kier alpha value is -1.90. The zero-order valence-electron chi connectivity index (χ0n) is 14.6. The van der Waals surface area contributed by atoms with Gasteiger partial charge in [-0.05, 0) is 55.5 Å². The second-order valence-electron chi connectivity index (χ2n) is 6.47. The number of rotatable bonds is 6. The van der Waals surface area contributed by atoms with Crippen molar-refractivity contribution in [2.24, 2.45) is 0 Å². The topological polar surface area (TPSA) is 87.3 Å². The molecule has 0 radical (unpaired) electrons. The van der Waals surface area contributed by atoms with Crippen LogP contribution in [0.25, 0.3) is 0 Å². The smallest absolute Gasteiger partial charge is 0.271 e. The van der Waals surface area contributed by atoms with E-state index in [2.05, 4.69) is 22.3 Å². The molecule has 1 aromatic heterocycles. The molecule has 2 aromatic rings. The molecular formula is C18H23N3O3S2. The largest absolute Gasteiger partial charge is 0.352 e. The molecule has 26 heavy (non-hydrogen) atoms. The quantitative estimate of drug-likeness (QED) is 0.703. The van der Waals surface area contributed by atoms with Crippen LogP contribution in [0.5, 0.6) is 0 Å². The highest BCUT2D eigenvalue weighted by atomic mass is 32.2. The lowest BCUT2D eigenvalue weighted by atomic mass is 9.99. The van der Waals surface area contributed by atoms with Crippen LogP contribution in [0.4, 0.5) is 5.69 Å². The first-order valence-corrected chi connectivity index (χ1v) is 11.0. The number of anilines is 1. The summed E-state index contributed by atoms with van der Waals surface area (Å²) in [5.74, 6) is -0.0162. The van der Waals surface area contributed by atoms with E-state index in [1.54, 1.807) is 41.8 Å². The molecule has 8 heteroatoms. The maximum absolute atomic E-state index is 12.2. The standard InChI is InChI=1S/C18H23N3O3S2/c1-13-16(4-2-10-19-13)20-17(22)12-14-6-8-15(9-7-14)21-26(23,24)18-5-3-11-25-18/h3,5-9,11,13,16,19,21H,2,4,10,12H2,1H3,(H,20,22). The van der Waals surface area contributed by atoms with E-state index in [0.717, 1.165) is 24.9 Å². The molecule has 0 aliphatic carbocycles. The van der Waals surface area contributed by atoms with Crippen LogP contribution < -0.4 is 15.4 Å². The van der Waals surface area contributed by atoms with Gasteiger partial charge in [0.05, 0.1) is 6.42 Å². The Morgan fingerprint density at radius 2 is 2.04 bits per heavy atom. The van der Waals surface area contributed by atoms with Crippen molar-refractivity contribution in [3.63, 3.8) is 0 Å². The number of carbonyl (C=O) groups excluding carboxylic acids is 1. The zero-order valence-corrected chi connectivity index (χ0v) is 16.2. The van der Waals surface area contributed by atoms with E-state index in [4.69, 9.17) is 0 Å². The molecule has 1 aliphatic heterocycles. The van der Waals surface area contributed by atoms with Gasteiger partial charge in [0.1, 0.15) is 4.21 Å². The number of piperidine rings is 1. The molecule has 1 aliphatic rings. The van der Waals surface area contributed by atoms with Gasteiger partial charge in [0.2, 0.25) is 5.91 Å². The molecule has 140 valence electrons. The summed E-state index contributed by atoms with van der Waals surface area (Å²) < 4.78 is 27.2. The third-order valence-electron chi connectivity index (χ3n) is 4.44. The van der Waals surface area contributed by atoms with Gasteiger partial charge in [-0.2, -0.15) is 0 Å². The Bertz CT molecular complexity index is 833. The van der Waals surface area contributed by atoms with Crippen LogP contribution in [-0.4, -0.2) is 33.0 Å². The Balaban J connectivity index is 1.56. The van der Waals surface area contributed by atoms with Crippen LogP contribution in [-0.2, 0) is 21.2 Å². The minimum Gasteiger partial charge on any atom is -0.352 e. The summed E-state index contributed by atoms with van der Waals surface area (Å²) >= 11 is 1.17. The van der Waals surface area contributed by atoms with Gasteiger partial charge in [-0.15, -0.1) is 11.3 Å². The molecule has 1 fully saturated rings. The van der Waals surface area contributed by atoms with Crippen molar-refractivity contribution < 1.29 is 13.2 Å². The van der Waals surface area contributed by atoms with Crippen molar-refractivity contribution in [3.05, 3.63) is 47.3 Å². The molecule has 2 heterocycles. The van der Waals surface area contributed by atoms with E-state index >= 15 is 0 Å². The molecule has 2 atom stereocenters. The van der Waals surface area contributed by atoms with Gasteiger partial charge in [0.15, 0.2) is 0 Å². The summed E-state index contributed by atoms with van der Waals surface area (Å²) in [7, 11) is -3.55. The summed E-state index contributed by atoms with van der Waals surface area (Å²) in [6.45, 7) is 3.08. The number of carbonyl (C=O) groups is 1. The summed E-state index contributed by atoms with van der Waals surface area (Å²) in [5, 5.41) is 8.16. The second-order valence-corrected chi connectivity index (χ2v) is 9.33. The van der Waals surface area contributed by atoms with Crippen molar-refractivity contribution in [1.29, 1.82) is 0 Å². The summed E-state index contributed by atoms with van der Waals surface area (Å²) in [6, 6.07) is 10.6. The third-order valence-corrected chi connectivity index (χ3v) is 7.22. The van der Waals surface area contributed by atoms with Crippen molar-refractivity contribution in [3.8, 4) is 0 Å². The molecule has 6 nitrogen and oxygen atoms in total. The zero-order chi connectivity index (χ0) is 18.6. The molecular weight excluding hydrogens is 370 g/mol. The highest BCUT2D eigenvalue weighted by molar-refractivity contribution is 7.94. The first-order valence-electron chi connectivity index (χ1n) is 8.62. The van der Waals surface area contributed by atoms with Gasteiger partial charge in [-0.25, -0.2) is 8.42 Å². The fraction of sp³-hybridized carbons (Fsp3) is 0.389. The number of hydrogen-bond donors (Lipinski definition) is 3. The van der Waals surface area contributed by atoms with Gasteiger partial charge in [-0.3, -0.25) is 9.52 Å². The van der Waals surface area contributed by atoms with Crippen molar-refractivity contribution >= 4 is 33.0 Å². The molecule has 1 amide bonds. The van der Waals surface area contributed by atoms with Gasteiger partial charge in [0, 0.05) is 17.8 Å². The Morgan fingerprint density at radius 3 is 2.69 bits per heavy atom. The van der Waals surface area contributed by atoms with Gasteiger partial charge in [0.25, 0.3) is 10.0 Å². The van der Waals surface area contributed by atoms with E-state index in [0.29, 0.717) is 5.69 Å². The molecule has 1 saturated heterocycles. The molecule has 3 N–H and O–H groups in total. The Labute approximate surface area is 158 Å². The number of benzene rings is 1. The van der Waals surface area contributed by atoms with Crippen LogP contribution >= 0.6 is 11.3 Å². The average Bonchev–Trinajstić information content (AvgIpc) is 3.14. The number of nitrogens with one attached hydrogen (secondary N) is 3. The maximum atomic E-state index is 12.2. The van der Waals surface area contributed by atoms with Crippen LogP contribution in [0.15, 0.2) is 46.0 Å². The highest BCUT2D eigenvalue weighted by Crippen LogP contribution is 2.20. The van der Waals surface area contributed by atoms with E-state index in [9.17, 15) is 13.2 Å². The third kappa shape index (κ3) is 4.84. The summed E-state index contributed by atoms with van der Waals surface area (Å²) in [4.78, 5) is 12.2. The van der Waals surface area contributed by atoms with E-state index in [-0.39, 0.29) is 28.6 Å². The van der Waals surface area contributed by atoms with E-state index < -0.39 is 10.0 Å². The minimum atomic E-state index is -3.55. The molecule has 0 saturated carbocycles. The first-order chi connectivity index (χ1) is 12.4. The fourth-order valence-electron chi connectivity index (χ4n) is 3.00. The number of hydrogen-bond acceptors (Lipinski definition) is 5. The number of amides is 1. The van der Waals surface area contributed by atoms with Gasteiger partial charge in [-0.1, -0.05) is 18.2 Å². The monoisotopic (exact) mass is 393 g/mol. The lowest BCUT2D eigenvalue weighted by Gasteiger charge is -2.30. The van der Waals surface area contributed by atoms with Gasteiger partial charge < -0.3 is 10.6 Å². The van der Waals surface area contributed by atoms with E-state index in [1.165, 1.54) is 11.3 Å². The van der Waals surface area contributed by atoms with Crippen molar-refractivity contribution in [2.75, 3.05) is 11.3 Å². The maximum Gasteiger partial charge on any atom is 0.271 e. The molecule has 3 rings (SSSR count). The number of thiophene rings is 1. The predicted molar refractivity (Wildman–Crippen MR) is 104 cm³/mol. The Kier molecular flexibility index (Phi) is 5.95. The molecule has 0 bridgehead atoms. The van der Waals surface area contributed by atoms with Crippen LogP contribution in [0, 0.1) is 0 Å².